The zero-order valence-corrected chi connectivity index (χ0v) is 22.0. The van der Waals surface area contributed by atoms with Crippen LogP contribution in [0.4, 0.5) is 0 Å². The number of benzene rings is 2. The fourth-order valence-corrected chi connectivity index (χ4v) is 6.71. The summed E-state index contributed by atoms with van der Waals surface area (Å²) in [7, 11) is -3.44. The summed E-state index contributed by atoms with van der Waals surface area (Å²) in [5, 5.41) is 0.638. The van der Waals surface area contributed by atoms with Crippen LogP contribution >= 0.6 is 11.6 Å². The number of ether oxygens (including phenoxy) is 1. The Morgan fingerprint density at radius 3 is 2.34 bits per heavy atom. The lowest BCUT2D eigenvalue weighted by Crippen LogP contribution is -2.48. The van der Waals surface area contributed by atoms with Gasteiger partial charge >= 0.3 is 0 Å². The van der Waals surface area contributed by atoms with Gasteiger partial charge in [0.2, 0.25) is 15.9 Å². The number of nitrogens with zero attached hydrogens (tertiary/aromatic N) is 2. The summed E-state index contributed by atoms with van der Waals surface area (Å²) in [4.78, 5) is 15.2. The Morgan fingerprint density at radius 1 is 1.00 bits per heavy atom. The van der Waals surface area contributed by atoms with Crippen LogP contribution in [-0.2, 0) is 20.6 Å². The molecule has 0 atom stereocenters. The quantitative estimate of drug-likeness (QED) is 0.491. The highest BCUT2D eigenvalue weighted by Crippen LogP contribution is 2.38. The van der Waals surface area contributed by atoms with Gasteiger partial charge in [0.1, 0.15) is 5.75 Å². The molecule has 2 aliphatic heterocycles. The van der Waals surface area contributed by atoms with Gasteiger partial charge in [0.15, 0.2) is 0 Å². The van der Waals surface area contributed by atoms with Crippen molar-refractivity contribution < 1.29 is 17.9 Å². The van der Waals surface area contributed by atoms with Gasteiger partial charge in [-0.25, -0.2) is 12.7 Å². The number of carbonyl (C=O) groups excluding carboxylic acids is 1. The van der Waals surface area contributed by atoms with Gasteiger partial charge in [0.05, 0.1) is 12.4 Å². The third-order valence-electron chi connectivity index (χ3n) is 7.20. The number of sulfonamides is 1. The average molecular weight is 519 g/mol. The summed E-state index contributed by atoms with van der Waals surface area (Å²) in [6.45, 7) is 4.75. The number of hydrogen-bond donors (Lipinski definition) is 0. The van der Waals surface area contributed by atoms with E-state index in [-0.39, 0.29) is 11.7 Å². The van der Waals surface area contributed by atoms with Crippen molar-refractivity contribution in [2.75, 3.05) is 32.8 Å². The summed E-state index contributed by atoms with van der Waals surface area (Å²) in [5.41, 5.74) is 1.45. The molecule has 0 bridgehead atoms. The molecule has 2 aromatic carbocycles. The fourth-order valence-electron chi connectivity index (χ4n) is 5.06. The van der Waals surface area contributed by atoms with E-state index in [1.54, 1.807) is 16.4 Å². The van der Waals surface area contributed by atoms with E-state index in [1.807, 2.05) is 48.2 Å². The van der Waals surface area contributed by atoms with Crippen LogP contribution in [0, 0.1) is 12.3 Å². The molecule has 2 aromatic rings. The number of piperidine rings is 2. The molecule has 0 radical (unpaired) electrons. The molecule has 0 N–H and O–H groups in total. The topological polar surface area (TPSA) is 66.9 Å². The second kappa shape index (κ2) is 11.3. The van der Waals surface area contributed by atoms with Crippen molar-refractivity contribution in [2.24, 2.45) is 5.41 Å². The second-order valence-corrected chi connectivity index (χ2v) is 12.4. The van der Waals surface area contributed by atoms with Crippen molar-refractivity contribution in [3.05, 3.63) is 64.7 Å². The molecule has 1 amide bonds. The minimum absolute atomic E-state index is 0.00430. The van der Waals surface area contributed by atoms with E-state index in [2.05, 4.69) is 0 Å². The molecule has 2 aliphatic rings. The van der Waals surface area contributed by atoms with E-state index in [4.69, 9.17) is 16.3 Å². The van der Waals surface area contributed by atoms with E-state index < -0.39 is 15.4 Å². The molecule has 2 heterocycles. The van der Waals surface area contributed by atoms with Gasteiger partial charge in [-0.1, -0.05) is 41.4 Å². The van der Waals surface area contributed by atoms with Crippen molar-refractivity contribution in [3.63, 3.8) is 0 Å². The van der Waals surface area contributed by atoms with Crippen LogP contribution in [0.2, 0.25) is 5.02 Å². The van der Waals surface area contributed by atoms with Crippen molar-refractivity contribution >= 4 is 27.5 Å². The molecule has 2 fully saturated rings. The van der Waals surface area contributed by atoms with Crippen LogP contribution in [0.15, 0.2) is 48.5 Å². The maximum Gasteiger partial charge on any atom is 0.223 e. The summed E-state index contributed by atoms with van der Waals surface area (Å²) in [5.74, 6) is 0.851. The molecular weight excluding hydrogens is 484 g/mol. The number of carbonyl (C=O) groups is 1. The Balaban J connectivity index is 1.45. The summed E-state index contributed by atoms with van der Waals surface area (Å²) < 4.78 is 34.0. The van der Waals surface area contributed by atoms with Crippen molar-refractivity contribution in [3.8, 4) is 5.75 Å². The van der Waals surface area contributed by atoms with Crippen LogP contribution in [0.1, 0.15) is 49.7 Å². The van der Waals surface area contributed by atoms with Crippen molar-refractivity contribution in [1.82, 2.24) is 9.21 Å². The third-order valence-corrected chi connectivity index (χ3v) is 9.30. The molecule has 8 heteroatoms. The molecule has 0 aliphatic carbocycles. The Bertz CT molecular complexity index is 1110. The van der Waals surface area contributed by atoms with E-state index in [9.17, 15) is 13.2 Å². The van der Waals surface area contributed by atoms with E-state index in [0.717, 1.165) is 37.1 Å². The van der Waals surface area contributed by atoms with Crippen molar-refractivity contribution in [2.45, 2.75) is 51.2 Å². The smallest absolute Gasteiger partial charge is 0.223 e. The highest BCUT2D eigenvalue weighted by Gasteiger charge is 2.41. The molecule has 0 saturated carbocycles. The first-order chi connectivity index (χ1) is 16.7. The molecule has 190 valence electrons. The Hall–Kier alpha value is -2.09. The predicted molar refractivity (Wildman–Crippen MR) is 139 cm³/mol. The molecular formula is C27H35ClN2O4S. The number of hydrogen-bond acceptors (Lipinski definition) is 4. The minimum Gasteiger partial charge on any atom is -0.493 e. The van der Waals surface area contributed by atoms with Crippen LogP contribution < -0.4 is 4.74 Å². The number of amides is 1. The standard InChI is InChI=1S/C27H35ClN2O4S/c1-22-6-5-7-23(18-22)20-35(32,33)30-16-12-27(13-17-30,19-26(31)29-14-3-2-4-15-29)21-34-25-10-8-24(28)9-11-25/h5-11,18H,2-4,12-17,19-21H2,1H3. The SMILES string of the molecule is Cc1cccc(CS(=O)(=O)N2CCC(COc3ccc(Cl)cc3)(CC(=O)N3CCCCC3)CC2)c1. The number of rotatable bonds is 8. The summed E-state index contributed by atoms with van der Waals surface area (Å²) in [6, 6.07) is 14.8. The van der Waals surface area contributed by atoms with Gasteiger partial charge in [0.25, 0.3) is 0 Å². The van der Waals surface area contributed by atoms with Crippen molar-refractivity contribution in [1.29, 1.82) is 0 Å². The highest BCUT2D eigenvalue weighted by molar-refractivity contribution is 7.88. The van der Waals surface area contributed by atoms with Crippen LogP contribution in [-0.4, -0.2) is 56.3 Å². The number of halogens is 1. The molecule has 0 aromatic heterocycles. The van der Waals surface area contributed by atoms with E-state index in [1.165, 1.54) is 6.42 Å². The minimum atomic E-state index is -3.44. The molecule has 2 saturated heterocycles. The Kier molecular flexibility index (Phi) is 8.40. The van der Waals surface area contributed by atoms with E-state index >= 15 is 0 Å². The largest absolute Gasteiger partial charge is 0.493 e. The van der Waals surface area contributed by atoms with Crippen LogP contribution in [0.5, 0.6) is 5.75 Å². The first-order valence-corrected chi connectivity index (χ1v) is 14.4. The average Bonchev–Trinajstić information content (AvgIpc) is 2.84. The lowest BCUT2D eigenvalue weighted by Gasteiger charge is -2.42. The Labute approximate surface area is 214 Å². The maximum absolute atomic E-state index is 13.2. The monoisotopic (exact) mass is 518 g/mol. The van der Waals surface area contributed by atoms with Gasteiger partial charge in [-0.3, -0.25) is 4.79 Å². The predicted octanol–water partition coefficient (Wildman–Crippen LogP) is 5.04. The molecule has 0 unspecified atom stereocenters. The lowest BCUT2D eigenvalue weighted by atomic mass is 9.76. The van der Waals surface area contributed by atoms with Crippen LogP contribution in [0.3, 0.4) is 0 Å². The zero-order valence-electron chi connectivity index (χ0n) is 20.4. The molecule has 0 spiro atoms. The molecule has 4 rings (SSSR count). The van der Waals surface area contributed by atoms with E-state index in [0.29, 0.717) is 49.7 Å². The first-order valence-electron chi connectivity index (χ1n) is 12.4. The van der Waals surface area contributed by atoms with Gasteiger partial charge in [-0.2, -0.15) is 0 Å². The van der Waals surface area contributed by atoms with Gasteiger partial charge in [-0.05, 0) is 68.9 Å². The number of likely N-dealkylation sites (tertiary alicyclic amines) is 1. The second-order valence-electron chi connectivity index (χ2n) is 10.0. The first kappa shape index (κ1) is 26.0. The molecule has 35 heavy (non-hydrogen) atoms. The fraction of sp³-hybridized carbons (Fsp3) is 0.519. The maximum atomic E-state index is 13.2. The highest BCUT2D eigenvalue weighted by atomic mass is 35.5. The lowest BCUT2D eigenvalue weighted by molar-refractivity contribution is -0.136. The van der Waals surface area contributed by atoms with Crippen LogP contribution in [0.25, 0.3) is 0 Å². The van der Waals surface area contributed by atoms with Gasteiger partial charge < -0.3 is 9.64 Å². The van der Waals surface area contributed by atoms with Gasteiger partial charge in [-0.15, -0.1) is 0 Å². The van der Waals surface area contributed by atoms with Gasteiger partial charge in [0, 0.05) is 43.0 Å². The Morgan fingerprint density at radius 2 is 1.69 bits per heavy atom. The normalized spacial score (nSPS) is 18.9. The third kappa shape index (κ3) is 6.99. The molecule has 6 nitrogen and oxygen atoms in total. The summed E-state index contributed by atoms with van der Waals surface area (Å²) in [6.07, 6.45) is 4.82. The summed E-state index contributed by atoms with van der Waals surface area (Å²) >= 11 is 6.00. The number of aryl methyl sites for hydroxylation is 1. The zero-order chi connectivity index (χ0) is 24.9.